The Morgan fingerprint density at radius 2 is 2.00 bits per heavy atom. The van der Waals surface area contributed by atoms with Crippen molar-refractivity contribution in [3.63, 3.8) is 0 Å². The molecular formula is C17H20N6O2. The molecule has 1 aliphatic rings. The van der Waals surface area contributed by atoms with E-state index in [0.29, 0.717) is 11.3 Å². The van der Waals surface area contributed by atoms with Gasteiger partial charge < -0.3 is 14.2 Å². The molecule has 25 heavy (non-hydrogen) atoms. The molecule has 3 aromatic rings. The van der Waals surface area contributed by atoms with Crippen molar-refractivity contribution < 1.29 is 9.21 Å². The zero-order valence-electron chi connectivity index (χ0n) is 14.7. The van der Waals surface area contributed by atoms with Gasteiger partial charge in [0.25, 0.3) is 5.91 Å². The van der Waals surface area contributed by atoms with Crippen LogP contribution >= 0.6 is 0 Å². The van der Waals surface area contributed by atoms with Crippen molar-refractivity contribution >= 4 is 17.4 Å². The standard InChI is InChI=1S/C17H20N6O2/c1-10-7-14(11(2)25-10)17(24)21(4)13-8-22(9-13)16-6-5-15-19-18-12(3)23(15)20-16/h5-7,13H,8-9H2,1-4H3. The van der Waals surface area contributed by atoms with Crippen LogP contribution in [0.3, 0.4) is 0 Å². The van der Waals surface area contributed by atoms with Crippen LogP contribution in [-0.2, 0) is 0 Å². The summed E-state index contributed by atoms with van der Waals surface area (Å²) in [5.41, 5.74) is 1.37. The monoisotopic (exact) mass is 340 g/mol. The molecule has 1 saturated heterocycles. The van der Waals surface area contributed by atoms with E-state index in [1.807, 2.05) is 40.0 Å². The topological polar surface area (TPSA) is 79.8 Å². The van der Waals surface area contributed by atoms with Crippen LogP contribution < -0.4 is 4.90 Å². The quantitative estimate of drug-likeness (QED) is 0.720. The molecule has 130 valence electrons. The van der Waals surface area contributed by atoms with Gasteiger partial charge in [-0.1, -0.05) is 0 Å². The molecule has 0 atom stereocenters. The highest BCUT2D eigenvalue weighted by Crippen LogP contribution is 2.24. The lowest BCUT2D eigenvalue weighted by Crippen LogP contribution is -2.60. The Morgan fingerprint density at radius 3 is 2.68 bits per heavy atom. The molecule has 3 aromatic heterocycles. The smallest absolute Gasteiger partial charge is 0.257 e. The summed E-state index contributed by atoms with van der Waals surface area (Å²) in [5, 5.41) is 12.6. The highest BCUT2D eigenvalue weighted by atomic mass is 16.3. The Labute approximate surface area is 145 Å². The number of aryl methyl sites for hydroxylation is 3. The maximum Gasteiger partial charge on any atom is 0.257 e. The number of nitrogens with zero attached hydrogens (tertiary/aromatic N) is 6. The third kappa shape index (κ3) is 2.54. The van der Waals surface area contributed by atoms with Crippen molar-refractivity contribution in [3.8, 4) is 0 Å². The molecule has 0 aromatic carbocycles. The van der Waals surface area contributed by atoms with Gasteiger partial charge in [-0.3, -0.25) is 4.79 Å². The lowest BCUT2D eigenvalue weighted by Gasteiger charge is -2.44. The first kappa shape index (κ1) is 15.6. The summed E-state index contributed by atoms with van der Waals surface area (Å²) >= 11 is 0. The first-order chi connectivity index (χ1) is 11.9. The number of hydrogen-bond acceptors (Lipinski definition) is 6. The highest BCUT2D eigenvalue weighted by molar-refractivity contribution is 5.95. The number of aromatic nitrogens is 4. The number of hydrogen-bond donors (Lipinski definition) is 0. The number of fused-ring (bicyclic) bond motifs is 1. The van der Waals surface area contributed by atoms with Crippen molar-refractivity contribution in [2.45, 2.75) is 26.8 Å². The molecule has 1 fully saturated rings. The molecule has 8 nitrogen and oxygen atoms in total. The largest absolute Gasteiger partial charge is 0.466 e. The fourth-order valence-electron chi connectivity index (χ4n) is 3.14. The predicted octanol–water partition coefficient (Wildman–Crippen LogP) is 1.60. The van der Waals surface area contributed by atoms with E-state index in [9.17, 15) is 4.79 Å². The fourth-order valence-corrected chi connectivity index (χ4v) is 3.14. The number of furan rings is 1. The minimum Gasteiger partial charge on any atom is -0.466 e. The van der Waals surface area contributed by atoms with Crippen LogP contribution in [0, 0.1) is 20.8 Å². The van der Waals surface area contributed by atoms with Gasteiger partial charge in [0.05, 0.1) is 11.6 Å². The van der Waals surface area contributed by atoms with Crippen LogP contribution in [0.15, 0.2) is 22.6 Å². The Balaban J connectivity index is 1.46. The van der Waals surface area contributed by atoms with Crippen molar-refractivity contribution in [2.24, 2.45) is 0 Å². The lowest BCUT2D eigenvalue weighted by atomic mass is 10.1. The van der Waals surface area contributed by atoms with Crippen LogP contribution in [0.2, 0.25) is 0 Å². The van der Waals surface area contributed by atoms with Crippen LogP contribution in [0.5, 0.6) is 0 Å². The van der Waals surface area contributed by atoms with E-state index in [1.54, 1.807) is 15.5 Å². The van der Waals surface area contributed by atoms with Gasteiger partial charge in [-0.2, -0.15) is 4.52 Å². The van der Waals surface area contributed by atoms with Gasteiger partial charge in [0.1, 0.15) is 17.3 Å². The summed E-state index contributed by atoms with van der Waals surface area (Å²) in [6, 6.07) is 5.80. The maximum absolute atomic E-state index is 12.7. The average molecular weight is 340 g/mol. The van der Waals surface area contributed by atoms with E-state index in [4.69, 9.17) is 4.42 Å². The molecule has 0 saturated carbocycles. The molecule has 0 aliphatic carbocycles. The van der Waals surface area contributed by atoms with Crippen molar-refractivity contribution in [1.29, 1.82) is 0 Å². The van der Waals surface area contributed by atoms with Gasteiger partial charge in [-0.15, -0.1) is 15.3 Å². The van der Waals surface area contributed by atoms with Crippen LogP contribution in [0.25, 0.3) is 5.65 Å². The third-order valence-corrected chi connectivity index (χ3v) is 4.73. The third-order valence-electron chi connectivity index (χ3n) is 4.73. The zero-order chi connectivity index (χ0) is 17.7. The van der Waals surface area contributed by atoms with Crippen LogP contribution in [-0.4, -0.2) is 56.8 Å². The summed E-state index contributed by atoms with van der Waals surface area (Å²) < 4.78 is 7.20. The maximum atomic E-state index is 12.7. The number of likely N-dealkylation sites (N-methyl/N-ethyl adjacent to an activating group) is 1. The summed E-state index contributed by atoms with van der Waals surface area (Å²) in [4.78, 5) is 16.6. The number of anilines is 1. The molecule has 0 radical (unpaired) electrons. The second-order valence-corrected chi connectivity index (χ2v) is 6.51. The Bertz CT molecular complexity index is 953. The number of carbonyl (C=O) groups is 1. The lowest BCUT2D eigenvalue weighted by molar-refractivity contribution is 0.0703. The minimum absolute atomic E-state index is 0.00272. The van der Waals surface area contributed by atoms with E-state index >= 15 is 0 Å². The minimum atomic E-state index is -0.00272. The second kappa shape index (κ2) is 5.58. The summed E-state index contributed by atoms with van der Waals surface area (Å²) in [7, 11) is 1.84. The van der Waals surface area contributed by atoms with Gasteiger partial charge in [-0.05, 0) is 39.0 Å². The van der Waals surface area contributed by atoms with Crippen molar-refractivity contribution in [3.05, 3.63) is 41.1 Å². The van der Waals surface area contributed by atoms with Gasteiger partial charge in [0.15, 0.2) is 11.5 Å². The molecular weight excluding hydrogens is 320 g/mol. The zero-order valence-corrected chi connectivity index (χ0v) is 14.7. The normalized spacial score (nSPS) is 14.8. The van der Waals surface area contributed by atoms with Crippen LogP contribution in [0.4, 0.5) is 5.82 Å². The van der Waals surface area contributed by atoms with Gasteiger partial charge in [-0.25, -0.2) is 0 Å². The molecule has 1 amide bonds. The Kier molecular flexibility index (Phi) is 3.48. The average Bonchev–Trinajstić information content (AvgIpc) is 3.07. The SMILES string of the molecule is Cc1cc(C(=O)N(C)C2CN(c3ccc4nnc(C)n4n3)C2)c(C)o1. The number of carbonyl (C=O) groups excluding carboxylic acids is 1. The summed E-state index contributed by atoms with van der Waals surface area (Å²) in [6.45, 7) is 7.04. The first-order valence-electron chi connectivity index (χ1n) is 8.22. The molecule has 4 heterocycles. The molecule has 0 spiro atoms. The first-order valence-corrected chi connectivity index (χ1v) is 8.22. The second-order valence-electron chi connectivity index (χ2n) is 6.51. The van der Waals surface area contributed by atoms with E-state index < -0.39 is 0 Å². The van der Waals surface area contributed by atoms with E-state index in [0.717, 1.165) is 36.1 Å². The summed E-state index contributed by atoms with van der Waals surface area (Å²) in [5.74, 6) is 3.04. The van der Waals surface area contributed by atoms with Crippen molar-refractivity contribution in [2.75, 3.05) is 25.0 Å². The number of amides is 1. The van der Waals surface area contributed by atoms with Gasteiger partial charge in [0, 0.05) is 20.1 Å². The van der Waals surface area contributed by atoms with E-state index in [2.05, 4.69) is 20.2 Å². The van der Waals surface area contributed by atoms with Crippen LogP contribution in [0.1, 0.15) is 27.7 Å². The number of rotatable bonds is 3. The van der Waals surface area contributed by atoms with Gasteiger partial charge in [0.2, 0.25) is 0 Å². The molecule has 1 aliphatic heterocycles. The van der Waals surface area contributed by atoms with E-state index in [1.165, 1.54) is 0 Å². The van der Waals surface area contributed by atoms with E-state index in [-0.39, 0.29) is 11.9 Å². The fraction of sp³-hybridized carbons (Fsp3) is 0.412. The molecule has 0 bridgehead atoms. The molecule has 0 unspecified atom stereocenters. The summed E-state index contributed by atoms with van der Waals surface area (Å²) in [6.07, 6.45) is 0. The molecule has 0 N–H and O–H groups in total. The molecule has 4 rings (SSSR count). The molecule has 8 heteroatoms. The highest BCUT2D eigenvalue weighted by Gasteiger charge is 2.34. The Hall–Kier alpha value is -2.90. The Morgan fingerprint density at radius 1 is 1.24 bits per heavy atom. The van der Waals surface area contributed by atoms with Crippen molar-refractivity contribution in [1.82, 2.24) is 24.7 Å². The van der Waals surface area contributed by atoms with Gasteiger partial charge >= 0.3 is 0 Å². The predicted molar refractivity (Wildman–Crippen MR) is 91.8 cm³/mol.